The van der Waals surface area contributed by atoms with E-state index in [1.54, 1.807) is 11.3 Å². The summed E-state index contributed by atoms with van der Waals surface area (Å²) in [5.74, 6) is 0.197. The molecule has 2 heterocycles. The van der Waals surface area contributed by atoms with Crippen LogP contribution < -0.4 is 5.73 Å². The van der Waals surface area contributed by atoms with E-state index in [1.165, 1.54) is 4.88 Å². The second kappa shape index (κ2) is 6.14. The van der Waals surface area contributed by atoms with Crippen molar-refractivity contribution >= 4 is 17.2 Å². The van der Waals surface area contributed by atoms with Gasteiger partial charge in [0, 0.05) is 50.6 Å². The first-order valence-corrected chi connectivity index (χ1v) is 6.90. The second-order valence-corrected chi connectivity index (χ2v) is 5.31. The van der Waals surface area contributed by atoms with Crippen LogP contribution in [-0.2, 0) is 11.3 Å². The van der Waals surface area contributed by atoms with E-state index in [9.17, 15) is 4.79 Å². The number of carbonyl (C=O) groups excluding carboxylic acids is 1. The number of rotatable bonds is 4. The molecule has 0 radical (unpaired) electrons. The summed E-state index contributed by atoms with van der Waals surface area (Å²) in [5, 5.41) is 2.11. The van der Waals surface area contributed by atoms with E-state index in [4.69, 9.17) is 5.73 Å². The van der Waals surface area contributed by atoms with E-state index in [2.05, 4.69) is 22.4 Å². The molecule has 17 heavy (non-hydrogen) atoms. The Balaban J connectivity index is 1.76. The quantitative estimate of drug-likeness (QED) is 0.861. The monoisotopic (exact) mass is 253 g/mol. The number of carbonyl (C=O) groups is 1. The molecule has 1 aromatic heterocycles. The molecule has 2 N–H and O–H groups in total. The van der Waals surface area contributed by atoms with Crippen molar-refractivity contribution in [2.75, 3.05) is 32.7 Å². The number of nitrogens with two attached hydrogens (primary N) is 1. The number of amides is 1. The van der Waals surface area contributed by atoms with Gasteiger partial charge >= 0.3 is 0 Å². The molecule has 94 valence electrons. The van der Waals surface area contributed by atoms with Crippen LogP contribution >= 0.6 is 11.3 Å². The summed E-state index contributed by atoms with van der Waals surface area (Å²) in [6.45, 7) is 5.07. The van der Waals surface area contributed by atoms with E-state index in [0.29, 0.717) is 13.0 Å². The smallest absolute Gasteiger partial charge is 0.223 e. The Morgan fingerprint density at radius 2 is 2.12 bits per heavy atom. The van der Waals surface area contributed by atoms with Crippen molar-refractivity contribution in [2.24, 2.45) is 5.73 Å². The Morgan fingerprint density at radius 3 is 2.71 bits per heavy atom. The van der Waals surface area contributed by atoms with Crippen LogP contribution in [0.1, 0.15) is 11.3 Å². The normalized spacial score (nSPS) is 17.4. The van der Waals surface area contributed by atoms with Crippen LogP contribution in [0.2, 0.25) is 0 Å². The molecule has 1 fully saturated rings. The third-order valence-corrected chi connectivity index (χ3v) is 3.90. The van der Waals surface area contributed by atoms with Gasteiger partial charge in [-0.15, -0.1) is 11.3 Å². The minimum absolute atomic E-state index is 0.197. The van der Waals surface area contributed by atoms with Crippen molar-refractivity contribution in [1.29, 1.82) is 0 Å². The Bertz CT molecular complexity index is 345. The number of hydrogen-bond acceptors (Lipinski definition) is 4. The number of thiophene rings is 1. The van der Waals surface area contributed by atoms with Crippen LogP contribution in [0.25, 0.3) is 0 Å². The van der Waals surface area contributed by atoms with Crippen LogP contribution in [0, 0.1) is 0 Å². The fourth-order valence-electron chi connectivity index (χ4n) is 2.06. The summed E-state index contributed by atoms with van der Waals surface area (Å²) in [7, 11) is 0. The highest BCUT2D eigenvalue weighted by Gasteiger charge is 2.20. The first kappa shape index (κ1) is 12.5. The van der Waals surface area contributed by atoms with Crippen LogP contribution in [-0.4, -0.2) is 48.4 Å². The fourth-order valence-corrected chi connectivity index (χ4v) is 2.81. The van der Waals surface area contributed by atoms with Crippen molar-refractivity contribution in [3.05, 3.63) is 22.4 Å². The Morgan fingerprint density at radius 1 is 1.35 bits per heavy atom. The van der Waals surface area contributed by atoms with Gasteiger partial charge in [0.1, 0.15) is 0 Å². The lowest BCUT2D eigenvalue weighted by Gasteiger charge is -2.34. The van der Waals surface area contributed by atoms with Gasteiger partial charge in [-0.3, -0.25) is 9.69 Å². The predicted octanol–water partition coefficient (Wildman–Crippen LogP) is 0.741. The molecular formula is C12H19N3OS. The summed E-state index contributed by atoms with van der Waals surface area (Å²) in [5.41, 5.74) is 5.40. The maximum Gasteiger partial charge on any atom is 0.223 e. The van der Waals surface area contributed by atoms with Gasteiger partial charge in [-0.05, 0) is 11.4 Å². The molecule has 0 aromatic carbocycles. The lowest BCUT2D eigenvalue weighted by Crippen LogP contribution is -2.48. The summed E-state index contributed by atoms with van der Waals surface area (Å²) < 4.78 is 0. The largest absolute Gasteiger partial charge is 0.340 e. The molecule has 5 heteroatoms. The van der Waals surface area contributed by atoms with E-state index in [0.717, 1.165) is 32.7 Å². The van der Waals surface area contributed by atoms with Gasteiger partial charge in [0.2, 0.25) is 5.91 Å². The molecule has 0 spiro atoms. The molecule has 2 rings (SSSR count). The molecular weight excluding hydrogens is 234 g/mol. The van der Waals surface area contributed by atoms with Crippen molar-refractivity contribution in [2.45, 2.75) is 13.0 Å². The predicted molar refractivity (Wildman–Crippen MR) is 69.8 cm³/mol. The highest BCUT2D eigenvalue weighted by molar-refractivity contribution is 7.09. The average molecular weight is 253 g/mol. The molecule has 0 bridgehead atoms. The summed E-state index contributed by atoms with van der Waals surface area (Å²) in [4.78, 5) is 17.4. The number of piperazine rings is 1. The van der Waals surface area contributed by atoms with Gasteiger partial charge in [-0.1, -0.05) is 6.07 Å². The molecule has 0 unspecified atom stereocenters. The molecule has 1 aromatic rings. The van der Waals surface area contributed by atoms with E-state index >= 15 is 0 Å². The second-order valence-electron chi connectivity index (χ2n) is 4.27. The molecule has 0 atom stereocenters. The minimum Gasteiger partial charge on any atom is -0.340 e. The summed E-state index contributed by atoms with van der Waals surface area (Å²) >= 11 is 1.79. The first-order chi connectivity index (χ1) is 8.29. The van der Waals surface area contributed by atoms with Gasteiger partial charge < -0.3 is 10.6 Å². The highest BCUT2D eigenvalue weighted by Crippen LogP contribution is 2.13. The van der Waals surface area contributed by atoms with Gasteiger partial charge in [0.25, 0.3) is 0 Å². The number of nitrogens with zero attached hydrogens (tertiary/aromatic N) is 2. The van der Waals surface area contributed by atoms with E-state index in [-0.39, 0.29) is 5.91 Å². The summed E-state index contributed by atoms with van der Waals surface area (Å²) in [6, 6.07) is 4.25. The van der Waals surface area contributed by atoms with Crippen molar-refractivity contribution < 1.29 is 4.79 Å². The van der Waals surface area contributed by atoms with Gasteiger partial charge in [0.15, 0.2) is 0 Å². The maximum absolute atomic E-state index is 11.7. The zero-order valence-corrected chi connectivity index (χ0v) is 10.8. The van der Waals surface area contributed by atoms with E-state index in [1.807, 2.05) is 4.90 Å². The standard InChI is InChI=1S/C12H19N3OS/c13-4-3-12(16)15-7-5-14(6-8-15)10-11-2-1-9-17-11/h1-2,9H,3-8,10,13H2. The summed E-state index contributed by atoms with van der Waals surface area (Å²) in [6.07, 6.45) is 0.477. The topological polar surface area (TPSA) is 49.6 Å². The van der Waals surface area contributed by atoms with Crippen LogP contribution in [0.3, 0.4) is 0 Å². The molecule has 1 aliphatic rings. The molecule has 1 saturated heterocycles. The van der Waals surface area contributed by atoms with Gasteiger partial charge in [-0.2, -0.15) is 0 Å². The molecule has 0 saturated carbocycles. The first-order valence-electron chi connectivity index (χ1n) is 6.02. The van der Waals surface area contributed by atoms with Crippen molar-refractivity contribution in [3.63, 3.8) is 0 Å². The van der Waals surface area contributed by atoms with E-state index < -0.39 is 0 Å². The van der Waals surface area contributed by atoms with Gasteiger partial charge in [0.05, 0.1) is 0 Å². The van der Waals surface area contributed by atoms with Crippen LogP contribution in [0.5, 0.6) is 0 Å². The molecule has 0 aliphatic carbocycles. The Kier molecular flexibility index (Phi) is 4.53. The zero-order valence-electron chi connectivity index (χ0n) is 9.97. The van der Waals surface area contributed by atoms with Crippen molar-refractivity contribution in [1.82, 2.24) is 9.80 Å². The highest BCUT2D eigenvalue weighted by atomic mass is 32.1. The van der Waals surface area contributed by atoms with Crippen molar-refractivity contribution in [3.8, 4) is 0 Å². The minimum atomic E-state index is 0.197. The molecule has 1 aliphatic heterocycles. The molecule has 1 amide bonds. The third-order valence-electron chi connectivity index (χ3n) is 3.04. The van der Waals surface area contributed by atoms with Crippen LogP contribution in [0.15, 0.2) is 17.5 Å². The van der Waals surface area contributed by atoms with Gasteiger partial charge in [-0.25, -0.2) is 0 Å². The maximum atomic E-state index is 11.7. The molecule has 4 nitrogen and oxygen atoms in total. The lowest BCUT2D eigenvalue weighted by molar-refractivity contribution is -0.132. The fraction of sp³-hybridized carbons (Fsp3) is 0.583. The Hall–Kier alpha value is -0.910. The number of hydrogen-bond donors (Lipinski definition) is 1. The third kappa shape index (κ3) is 3.52. The SMILES string of the molecule is NCCC(=O)N1CCN(Cc2cccs2)CC1. The average Bonchev–Trinajstić information content (AvgIpc) is 2.83. The lowest BCUT2D eigenvalue weighted by atomic mass is 10.2. The Labute approximate surface area is 106 Å². The zero-order chi connectivity index (χ0) is 12.1. The van der Waals surface area contributed by atoms with Crippen LogP contribution in [0.4, 0.5) is 0 Å².